The van der Waals surface area contributed by atoms with Crippen LogP contribution in [0, 0.1) is 5.41 Å². The molecule has 12 heteroatoms. The summed E-state index contributed by atoms with van der Waals surface area (Å²) in [5.41, 5.74) is 1.77. The van der Waals surface area contributed by atoms with E-state index in [0.29, 0.717) is 0 Å². The molecule has 5 atom stereocenters. The van der Waals surface area contributed by atoms with Gasteiger partial charge in [-0.1, -0.05) is 116 Å². The molecular weight excluding hydrogens is 609 g/mol. The van der Waals surface area contributed by atoms with Crippen LogP contribution in [-0.4, -0.2) is 61.8 Å². The minimum atomic E-state index is -2.51. The Morgan fingerprint density at radius 2 is 1.37 bits per heavy atom. The number of carbonyl (C=O) groups excluding carboxylic acids is 1. The molecule has 8 nitrogen and oxygen atoms in total. The third kappa shape index (κ3) is 9.15. The van der Waals surface area contributed by atoms with Crippen molar-refractivity contribution in [3.05, 3.63) is 71.8 Å². The van der Waals surface area contributed by atoms with Crippen LogP contribution in [0.15, 0.2) is 60.7 Å². The van der Waals surface area contributed by atoms with Gasteiger partial charge in [-0.2, -0.15) is 0 Å². The topological polar surface area (TPSA) is 96.3 Å². The average Bonchev–Trinajstić information content (AvgIpc) is 2.91. The summed E-state index contributed by atoms with van der Waals surface area (Å²) >= 11 is 17.8. The van der Waals surface area contributed by atoms with E-state index in [9.17, 15) is 4.79 Å². The highest BCUT2D eigenvalue weighted by molar-refractivity contribution is 6.76. The summed E-state index contributed by atoms with van der Waals surface area (Å²) in [6.07, 6.45) is -5.48. The van der Waals surface area contributed by atoms with Crippen molar-refractivity contribution in [2.24, 2.45) is 0 Å². The second kappa shape index (κ2) is 14.2. The lowest BCUT2D eigenvalue weighted by Gasteiger charge is -2.48. The van der Waals surface area contributed by atoms with E-state index >= 15 is 0 Å². The fourth-order valence-corrected chi connectivity index (χ4v) is 5.36. The molecule has 2 aromatic carbocycles. The molecule has 1 aliphatic rings. The summed E-state index contributed by atoms with van der Waals surface area (Å²) < 4.78 is 34.5. The van der Waals surface area contributed by atoms with Gasteiger partial charge in [0.2, 0.25) is 12.2 Å². The molecule has 0 aliphatic carbocycles. The summed E-state index contributed by atoms with van der Waals surface area (Å²) in [5.74, 6) is -1.40. The first-order chi connectivity index (χ1) is 19.1. The molecule has 1 fully saturated rings. The Morgan fingerprint density at radius 1 is 0.878 bits per heavy atom. The molecule has 0 aromatic heterocycles. The summed E-state index contributed by atoms with van der Waals surface area (Å²) in [6, 6.07) is 19.1. The Bertz CT molecular complexity index is 1140. The number of benzene rings is 2. The van der Waals surface area contributed by atoms with Gasteiger partial charge in [0, 0.05) is 0 Å². The molecule has 0 spiro atoms. The molecule has 2 aromatic rings. The number of rotatable bonds is 10. The van der Waals surface area contributed by atoms with Crippen molar-refractivity contribution >= 4 is 55.0 Å². The summed E-state index contributed by atoms with van der Waals surface area (Å²) in [6.45, 7) is 10.7. The Morgan fingerprint density at radius 3 is 1.80 bits per heavy atom. The van der Waals surface area contributed by atoms with Gasteiger partial charge in [-0.25, -0.2) is 4.79 Å². The molecule has 1 saturated heterocycles. The first-order valence-electron chi connectivity index (χ1n) is 13.2. The van der Waals surface area contributed by atoms with Crippen molar-refractivity contribution in [2.75, 3.05) is 7.11 Å². The van der Waals surface area contributed by atoms with Crippen molar-refractivity contribution in [3.8, 4) is 0 Å². The van der Waals surface area contributed by atoms with Crippen LogP contribution in [0.1, 0.15) is 31.9 Å². The molecule has 1 unspecified atom stereocenters. The zero-order valence-corrected chi connectivity index (χ0v) is 27.3. The van der Waals surface area contributed by atoms with Crippen LogP contribution in [0.4, 0.5) is 0 Å². The minimum Gasteiger partial charge on any atom is -0.467 e. The highest BCUT2D eigenvalue weighted by Gasteiger charge is 2.56. The second-order valence-electron chi connectivity index (χ2n) is 11.3. The van der Waals surface area contributed by atoms with Crippen LogP contribution in [-0.2, 0) is 46.1 Å². The largest absolute Gasteiger partial charge is 0.467 e. The predicted molar refractivity (Wildman–Crippen MR) is 162 cm³/mol. The SMILES string of the molecule is COC(=O)[C@H]1OC(OC(=N)C(Cl)(Cl)Cl)[C@@H](OCc2ccccc2)[C@@H](OCc2ccccc2)[C@@H]1O[Si](C)(C)C(C)(C)C. The van der Waals surface area contributed by atoms with Crippen LogP contribution in [0.5, 0.6) is 0 Å². The molecule has 1 aliphatic heterocycles. The molecule has 0 bridgehead atoms. The molecule has 0 saturated carbocycles. The third-order valence-electron chi connectivity index (χ3n) is 7.23. The first-order valence-corrected chi connectivity index (χ1v) is 17.2. The van der Waals surface area contributed by atoms with Crippen molar-refractivity contribution < 1.29 is 32.9 Å². The Kier molecular flexibility index (Phi) is 11.7. The summed E-state index contributed by atoms with van der Waals surface area (Å²) in [4.78, 5) is 13.2. The zero-order chi connectivity index (χ0) is 30.4. The van der Waals surface area contributed by atoms with Gasteiger partial charge in [-0.05, 0) is 29.3 Å². The van der Waals surface area contributed by atoms with Crippen LogP contribution < -0.4 is 0 Å². The number of esters is 1. The second-order valence-corrected chi connectivity index (χ2v) is 18.3. The maximum Gasteiger partial charge on any atom is 0.337 e. The van der Waals surface area contributed by atoms with Crippen molar-refractivity contribution in [3.63, 3.8) is 0 Å². The van der Waals surface area contributed by atoms with Gasteiger partial charge in [0.15, 0.2) is 14.4 Å². The van der Waals surface area contributed by atoms with E-state index in [1.807, 2.05) is 60.7 Å². The van der Waals surface area contributed by atoms with E-state index in [1.165, 1.54) is 7.11 Å². The van der Waals surface area contributed by atoms with Gasteiger partial charge >= 0.3 is 5.97 Å². The Labute approximate surface area is 258 Å². The number of halogens is 3. The average molecular weight is 647 g/mol. The molecule has 0 radical (unpaired) electrons. The highest BCUT2D eigenvalue weighted by atomic mass is 35.6. The minimum absolute atomic E-state index is 0.150. The van der Waals surface area contributed by atoms with E-state index in [1.54, 1.807) is 0 Å². The number of ether oxygens (including phenoxy) is 5. The Balaban J connectivity index is 2.08. The smallest absolute Gasteiger partial charge is 0.337 e. The lowest BCUT2D eigenvalue weighted by atomic mass is 9.98. The monoisotopic (exact) mass is 645 g/mol. The van der Waals surface area contributed by atoms with E-state index < -0.39 is 54.7 Å². The maximum atomic E-state index is 13.2. The number of hydrogen-bond donors (Lipinski definition) is 1. The number of hydrogen-bond acceptors (Lipinski definition) is 8. The fraction of sp³-hybridized carbons (Fsp3) is 0.517. The third-order valence-corrected chi connectivity index (χ3v) is 12.2. The van der Waals surface area contributed by atoms with E-state index in [4.69, 9.17) is 68.3 Å². The fourth-order valence-electron chi connectivity index (χ4n) is 3.94. The van der Waals surface area contributed by atoms with Crippen LogP contribution >= 0.6 is 34.8 Å². The van der Waals surface area contributed by atoms with Crippen molar-refractivity contribution in [1.82, 2.24) is 0 Å². The number of alkyl halides is 3. The lowest BCUT2D eigenvalue weighted by molar-refractivity contribution is -0.294. The van der Waals surface area contributed by atoms with Crippen LogP contribution in [0.2, 0.25) is 18.1 Å². The quantitative estimate of drug-likeness (QED) is 0.0996. The van der Waals surface area contributed by atoms with Gasteiger partial charge < -0.3 is 28.1 Å². The summed E-state index contributed by atoms with van der Waals surface area (Å²) in [5, 5.41) is 8.02. The number of carbonyl (C=O) groups is 1. The normalized spacial score (nSPS) is 23.6. The molecule has 1 heterocycles. The van der Waals surface area contributed by atoms with E-state index in [0.717, 1.165) is 11.1 Å². The van der Waals surface area contributed by atoms with Crippen LogP contribution in [0.25, 0.3) is 0 Å². The van der Waals surface area contributed by atoms with E-state index in [2.05, 4.69) is 33.9 Å². The Hall–Kier alpha value is -1.69. The van der Waals surface area contributed by atoms with Crippen molar-refractivity contribution in [2.45, 2.75) is 86.6 Å². The molecule has 41 heavy (non-hydrogen) atoms. The number of nitrogens with one attached hydrogen (secondary N) is 1. The maximum absolute atomic E-state index is 13.2. The van der Waals surface area contributed by atoms with Gasteiger partial charge in [0.1, 0.15) is 18.3 Å². The molecule has 226 valence electrons. The standard InChI is InChI=1S/C29H38Cl3NO7Si/c1-28(2,3)41(5,6)40-22-21(36-17-19-13-9-7-10-14-19)24(37-18-20-15-11-8-12-16-20)26(38-23(22)25(34)35-4)39-27(33)29(30,31)32/h7-16,21-24,26,33H,17-18H2,1-6H3/t21-,22-,23-,24-,26?/m0/s1. The molecular formula is C29H38Cl3NO7Si. The van der Waals surface area contributed by atoms with Gasteiger partial charge in [0.25, 0.3) is 3.79 Å². The summed E-state index contributed by atoms with van der Waals surface area (Å²) in [7, 11) is -1.26. The van der Waals surface area contributed by atoms with Gasteiger partial charge in [-0.15, -0.1) is 0 Å². The number of methoxy groups -OCH3 is 1. The lowest BCUT2D eigenvalue weighted by Crippen LogP contribution is -2.65. The zero-order valence-electron chi connectivity index (χ0n) is 24.1. The van der Waals surface area contributed by atoms with E-state index in [-0.39, 0.29) is 18.3 Å². The first kappa shape index (κ1) is 33.8. The van der Waals surface area contributed by atoms with Crippen LogP contribution in [0.3, 0.4) is 0 Å². The van der Waals surface area contributed by atoms with Gasteiger partial charge in [0.05, 0.1) is 20.3 Å². The molecule has 3 rings (SSSR count). The predicted octanol–water partition coefficient (Wildman–Crippen LogP) is 6.81. The van der Waals surface area contributed by atoms with Crippen molar-refractivity contribution in [1.29, 1.82) is 5.41 Å². The molecule has 0 amide bonds. The molecule has 1 N–H and O–H groups in total. The highest BCUT2D eigenvalue weighted by Crippen LogP contribution is 2.41. The van der Waals surface area contributed by atoms with Gasteiger partial charge in [-0.3, -0.25) is 5.41 Å².